The van der Waals surface area contributed by atoms with Crippen LogP contribution in [0, 0.1) is 0 Å². The van der Waals surface area contributed by atoms with E-state index in [0.717, 1.165) is 105 Å². The molecule has 376 valence electrons. The first-order chi connectivity index (χ1) is 34.4. The summed E-state index contributed by atoms with van der Waals surface area (Å²) in [5.74, 6) is 6.00. The molecule has 2 aliphatic carbocycles. The minimum Gasteiger partial charge on any atom is -0.493 e. The molecule has 2 saturated heterocycles. The smallest absolute Gasteiger partial charge is 0.240 e. The van der Waals surface area contributed by atoms with Gasteiger partial charge in [0.1, 0.15) is 42.0 Å². The number of anilines is 5. The molecular weight excluding hydrogens is 936 g/mol. The molecule has 0 unspecified atom stereocenters. The molecule has 7 N–H and O–H groups in total. The van der Waals surface area contributed by atoms with Crippen molar-refractivity contribution in [3.8, 4) is 45.9 Å². The molecule has 0 radical (unpaired) electrons. The fraction of sp³-hybridized carbons (Fsp3) is 0.417. The second-order valence-corrected chi connectivity index (χ2v) is 17.3. The van der Waals surface area contributed by atoms with Crippen LogP contribution >= 0.6 is 11.6 Å². The van der Waals surface area contributed by atoms with Crippen molar-refractivity contribution in [3.63, 3.8) is 0 Å². The summed E-state index contributed by atoms with van der Waals surface area (Å²) in [7, 11) is 9.48. The number of nitrogens with zero attached hydrogens (tertiary/aromatic N) is 9. The van der Waals surface area contributed by atoms with E-state index >= 15 is 0 Å². The molecule has 4 aromatic heterocycles. The third-order valence-electron chi connectivity index (χ3n) is 12.6. The molecule has 6 aromatic rings. The lowest BCUT2D eigenvalue weighted by molar-refractivity contribution is -0.120. The van der Waals surface area contributed by atoms with E-state index in [2.05, 4.69) is 35.9 Å². The molecule has 0 saturated carbocycles. The second kappa shape index (κ2) is 22.4. The highest BCUT2D eigenvalue weighted by atomic mass is 35.5. The zero-order valence-electron chi connectivity index (χ0n) is 40.6. The lowest BCUT2D eigenvalue weighted by Crippen LogP contribution is -2.41. The van der Waals surface area contributed by atoms with Gasteiger partial charge in [-0.05, 0) is 82.4 Å². The van der Waals surface area contributed by atoms with Gasteiger partial charge in [-0.1, -0.05) is 0 Å². The van der Waals surface area contributed by atoms with Gasteiger partial charge in [0.25, 0.3) is 0 Å². The molecule has 0 spiro atoms. The summed E-state index contributed by atoms with van der Waals surface area (Å²) >= 11 is 6.06. The number of amides is 2. The predicted molar refractivity (Wildman–Crippen MR) is 266 cm³/mol. The third-order valence-corrected chi connectivity index (χ3v) is 12.8. The number of aromatic nitrogens is 8. The zero-order chi connectivity index (χ0) is 50.2. The lowest BCUT2D eigenvalue weighted by atomic mass is 10.2. The first-order valence-corrected chi connectivity index (χ1v) is 23.6. The Morgan fingerprint density at radius 3 is 1.58 bits per heavy atom. The third kappa shape index (κ3) is 11.1. The highest BCUT2D eigenvalue weighted by Gasteiger charge is 2.33. The first kappa shape index (κ1) is 49.8. The van der Waals surface area contributed by atoms with Gasteiger partial charge in [0.05, 0.1) is 83.9 Å². The zero-order valence-corrected chi connectivity index (χ0v) is 41.3. The van der Waals surface area contributed by atoms with E-state index in [1.165, 1.54) is 0 Å². The molecule has 2 atom stereocenters. The van der Waals surface area contributed by atoms with E-state index in [-0.39, 0.29) is 29.2 Å². The lowest BCUT2D eigenvalue weighted by Gasteiger charge is -2.23. The highest BCUT2D eigenvalue weighted by molar-refractivity contribution is 6.28. The number of nitrogens with two attached hydrogens (primary N) is 2. The van der Waals surface area contributed by atoms with E-state index in [1.54, 1.807) is 55.3 Å². The van der Waals surface area contributed by atoms with Crippen LogP contribution in [-0.4, -0.2) is 119 Å². The number of hydrogen-bond donors (Lipinski definition) is 5. The predicted octanol–water partition coefficient (Wildman–Crippen LogP) is 5.17. The van der Waals surface area contributed by atoms with Crippen molar-refractivity contribution in [2.75, 3.05) is 71.3 Å². The Labute approximate surface area is 415 Å². The van der Waals surface area contributed by atoms with Gasteiger partial charge < -0.3 is 69.9 Å². The van der Waals surface area contributed by atoms with Crippen LogP contribution in [0.2, 0.25) is 5.28 Å². The van der Waals surface area contributed by atoms with E-state index in [0.29, 0.717) is 70.3 Å². The summed E-state index contributed by atoms with van der Waals surface area (Å²) < 4.78 is 36.3. The molecule has 2 aromatic carbocycles. The molecule has 2 fully saturated rings. The Morgan fingerprint density at radius 2 is 1.14 bits per heavy atom. The van der Waals surface area contributed by atoms with E-state index in [4.69, 9.17) is 61.5 Å². The van der Waals surface area contributed by atoms with Gasteiger partial charge >= 0.3 is 0 Å². The maximum atomic E-state index is 11.9. The van der Waals surface area contributed by atoms with Crippen molar-refractivity contribution in [2.24, 2.45) is 11.5 Å². The van der Waals surface area contributed by atoms with Crippen molar-refractivity contribution in [1.29, 1.82) is 0 Å². The number of imidazole rings is 2. The normalized spacial score (nSPS) is 16.4. The number of aryl methyl sites for hydroxylation is 2. The average molecular weight is 996 g/mol. The van der Waals surface area contributed by atoms with Crippen molar-refractivity contribution in [2.45, 2.75) is 76.3 Å². The minimum absolute atomic E-state index is 0.0463. The van der Waals surface area contributed by atoms with Crippen molar-refractivity contribution >= 4 is 52.6 Å². The van der Waals surface area contributed by atoms with Crippen molar-refractivity contribution in [1.82, 2.24) is 44.4 Å². The number of rotatable bonds is 15. The molecule has 0 bridgehead atoms. The number of hydrogen-bond acceptors (Lipinski definition) is 18. The van der Waals surface area contributed by atoms with Gasteiger partial charge in [-0.3, -0.25) is 9.59 Å². The van der Waals surface area contributed by atoms with Crippen LogP contribution in [0.15, 0.2) is 49.3 Å². The number of ether oxygens (including phenoxy) is 6. The summed E-state index contributed by atoms with van der Waals surface area (Å²) in [6, 6.07) is 6.99. The standard InChI is InChI=1S/C24H29N7O4.C19H20ClN5O3.C5H10N2O/c1-33-18-10-14(11-19(34-2)21(18)35-3)30-12-20(26-13-30)28-23-15-6-4-7-16(15)27-24(29-23)31-9-5-8-17(31)22(25)32;1-26-14-7-11(8-15(27-2)17(14)28-3)25-9-16(21-10-25)23-18-12-5-4-6-13(12)22-19(20)24-18;6-5(8)4-2-1-3-7-4/h10-13,17H,4-9H2,1-3H3,(H2,25,32)(H,27,28,29);7-10H,4-6H2,1-3H3,(H,22,23,24);4,7H,1-3H2,(H2,6,8)/t17-;;4-/m0.0/s1. The second-order valence-electron chi connectivity index (χ2n) is 16.9. The molecule has 23 heteroatoms. The molecule has 4 aliphatic rings. The Bertz CT molecular complexity index is 2820. The summed E-state index contributed by atoms with van der Waals surface area (Å²) in [5, 5.41) is 9.85. The Hall–Kier alpha value is -7.59. The largest absolute Gasteiger partial charge is 0.493 e. The van der Waals surface area contributed by atoms with Crippen LogP contribution in [0.1, 0.15) is 61.0 Å². The molecule has 2 aliphatic heterocycles. The van der Waals surface area contributed by atoms with Gasteiger partial charge in [-0.25, -0.2) is 24.9 Å². The van der Waals surface area contributed by atoms with Crippen molar-refractivity contribution < 1.29 is 38.0 Å². The monoisotopic (exact) mass is 994 g/mol. The number of benzene rings is 2. The fourth-order valence-corrected chi connectivity index (χ4v) is 9.31. The van der Waals surface area contributed by atoms with E-state index in [9.17, 15) is 9.59 Å². The van der Waals surface area contributed by atoms with E-state index in [1.807, 2.05) is 50.7 Å². The molecular formula is C48H59ClN14O8. The SMILES string of the molecule is COc1cc(-n2cnc(Nc3nc(Cl)nc4c3CCC4)c2)cc(OC)c1OC.COc1cc(-n2cnc(Nc3nc(N4CCC[C@H]4C(N)=O)nc4c3CCC4)c2)cc(OC)c1OC.NC(=O)[C@@H]1CCCN1. The Morgan fingerprint density at radius 1 is 0.634 bits per heavy atom. The van der Waals surface area contributed by atoms with Gasteiger partial charge in [0.15, 0.2) is 23.0 Å². The molecule has 22 nitrogen and oxygen atoms in total. The number of methoxy groups -OCH3 is 6. The van der Waals surface area contributed by atoms with Crippen LogP contribution in [0.5, 0.6) is 34.5 Å². The molecule has 10 rings (SSSR count). The number of carbonyl (C=O) groups is 2. The van der Waals surface area contributed by atoms with Crippen molar-refractivity contribution in [3.05, 3.63) is 77.1 Å². The first-order valence-electron chi connectivity index (χ1n) is 23.2. The summed E-state index contributed by atoms with van der Waals surface area (Å²) in [6.45, 7) is 1.65. The highest BCUT2D eigenvalue weighted by Crippen LogP contribution is 2.41. The summed E-state index contributed by atoms with van der Waals surface area (Å²) in [6.07, 6.45) is 16.4. The van der Waals surface area contributed by atoms with Crippen LogP contribution < -0.4 is 60.7 Å². The van der Waals surface area contributed by atoms with Crippen LogP contribution in [0.3, 0.4) is 0 Å². The number of primary amides is 2. The topological polar surface area (TPSA) is 268 Å². The molecule has 71 heavy (non-hydrogen) atoms. The van der Waals surface area contributed by atoms with Crippen LogP contribution in [0.4, 0.5) is 29.2 Å². The maximum absolute atomic E-state index is 11.9. The quantitative estimate of drug-likeness (QED) is 0.0830. The van der Waals surface area contributed by atoms with Gasteiger partial charge in [-0.15, -0.1) is 0 Å². The Balaban J connectivity index is 0.000000167. The minimum atomic E-state index is -0.374. The summed E-state index contributed by atoms with van der Waals surface area (Å²) in [5.41, 5.74) is 16.5. The van der Waals surface area contributed by atoms with E-state index < -0.39 is 0 Å². The molecule has 2 amide bonds. The van der Waals surface area contributed by atoms with Gasteiger partial charge in [0, 0.05) is 41.9 Å². The van der Waals surface area contributed by atoms with Crippen LogP contribution in [-0.2, 0) is 35.3 Å². The van der Waals surface area contributed by atoms with Gasteiger partial charge in [-0.2, -0.15) is 4.98 Å². The molecule has 6 heterocycles. The summed E-state index contributed by atoms with van der Waals surface area (Å²) in [4.78, 5) is 51.4. The average Bonchev–Trinajstić information content (AvgIpc) is 4.24. The number of carbonyl (C=O) groups excluding carboxylic acids is 2. The Kier molecular flexibility index (Phi) is 15.7. The number of nitrogens with one attached hydrogen (secondary N) is 3. The number of fused-ring (bicyclic) bond motifs is 2. The fourth-order valence-electron chi connectivity index (χ4n) is 9.12. The maximum Gasteiger partial charge on any atom is 0.240 e. The van der Waals surface area contributed by atoms with Gasteiger partial charge in [0.2, 0.25) is 34.5 Å². The van der Waals surface area contributed by atoms with Crippen LogP contribution in [0.25, 0.3) is 11.4 Å². The number of halogens is 1.